The zero-order valence-electron chi connectivity index (χ0n) is 24.8. The lowest BCUT2D eigenvalue weighted by Gasteiger charge is -2.34. The highest BCUT2D eigenvalue weighted by Crippen LogP contribution is 2.46. The number of cyclic esters (lactones) is 1. The number of benzene rings is 2. The minimum absolute atomic E-state index is 0.00656. The summed E-state index contributed by atoms with van der Waals surface area (Å²) in [5.41, 5.74) is -2.09. The van der Waals surface area contributed by atoms with Gasteiger partial charge in [-0.1, -0.05) is 44.0 Å². The van der Waals surface area contributed by atoms with Crippen molar-refractivity contribution in [2.24, 2.45) is 0 Å². The number of carbonyl (C=O) groups excluding carboxylic acids is 1. The topological polar surface area (TPSA) is 54.0 Å². The summed E-state index contributed by atoms with van der Waals surface area (Å²) in [6.07, 6.45) is -8.76. The lowest BCUT2D eigenvalue weighted by molar-refractivity contribution is -0.368. The van der Waals surface area contributed by atoms with Crippen LogP contribution in [0.15, 0.2) is 36.4 Å². The van der Waals surface area contributed by atoms with Crippen molar-refractivity contribution in [2.45, 2.75) is 89.3 Å². The number of ether oxygens (including phenoxy) is 4. The highest BCUT2D eigenvalue weighted by atomic mass is 19.4. The van der Waals surface area contributed by atoms with E-state index in [0.717, 1.165) is 36.6 Å². The fraction of sp³-hybridized carbons (Fsp3) is 0.531. The Kier molecular flexibility index (Phi) is 10.8. The largest absolute Gasteiger partial charge is 0.489 e. The van der Waals surface area contributed by atoms with Crippen molar-refractivity contribution in [3.63, 3.8) is 0 Å². The van der Waals surface area contributed by atoms with Crippen molar-refractivity contribution < 1.29 is 50.1 Å². The molecule has 43 heavy (non-hydrogen) atoms. The van der Waals surface area contributed by atoms with Crippen LogP contribution >= 0.6 is 0 Å². The van der Waals surface area contributed by atoms with Gasteiger partial charge in [0.15, 0.2) is 0 Å². The number of hydrogen-bond acceptors (Lipinski definition) is 5. The molecule has 3 rings (SSSR count). The summed E-state index contributed by atoms with van der Waals surface area (Å²) in [7, 11) is 0.916. The highest BCUT2D eigenvalue weighted by Gasteiger charge is 2.72. The molecule has 1 aliphatic heterocycles. The monoisotopic (exact) mass is 614 g/mol. The van der Waals surface area contributed by atoms with Gasteiger partial charge in [-0.25, -0.2) is 0 Å². The molecule has 2 aromatic carbocycles. The number of rotatable bonds is 10. The van der Waals surface area contributed by atoms with E-state index < -0.39 is 30.2 Å². The summed E-state index contributed by atoms with van der Waals surface area (Å²) in [5, 5.41) is 0. The van der Waals surface area contributed by atoms with E-state index in [1.165, 1.54) is 12.0 Å². The average Bonchev–Trinajstić information content (AvgIpc) is 2.93. The van der Waals surface area contributed by atoms with E-state index >= 15 is 0 Å². The van der Waals surface area contributed by atoms with Gasteiger partial charge in [-0.3, -0.25) is 4.79 Å². The Hall–Kier alpha value is -3.23. The van der Waals surface area contributed by atoms with Gasteiger partial charge in [0.1, 0.15) is 25.3 Å². The maximum absolute atomic E-state index is 13.7. The molecule has 0 bridgehead atoms. The van der Waals surface area contributed by atoms with E-state index in [9.17, 15) is 31.1 Å². The molecule has 0 unspecified atom stereocenters. The molecule has 0 spiro atoms. The molecule has 2 aromatic rings. The molecule has 0 aliphatic carbocycles. The standard InChI is InChI=1S/C32H36F6O5/c1-6-29(7-2,25-13-14-27(22(4)18-25)41-19-26-9-8-10-28(39)43-26)24-12-11-23(21(3)17-24)15-16-30(31(33,34)35,32(36,37)38)42-20-40-5/h11-14,17-18,26H,6-10,19-20H2,1-5H3/t26-/m0/s1. The molecule has 0 aromatic heterocycles. The molecule has 11 heteroatoms. The van der Waals surface area contributed by atoms with Crippen LogP contribution in [0.5, 0.6) is 5.75 Å². The molecule has 1 fully saturated rings. The van der Waals surface area contributed by atoms with Crippen LogP contribution in [0.2, 0.25) is 0 Å². The average molecular weight is 615 g/mol. The molecule has 1 heterocycles. The van der Waals surface area contributed by atoms with Crippen molar-refractivity contribution in [3.05, 3.63) is 64.2 Å². The molecule has 1 atom stereocenters. The first-order valence-electron chi connectivity index (χ1n) is 14.0. The van der Waals surface area contributed by atoms with Gasteiger partial charge < -0.3 is 18.9 Å². The van der Waals surface area contributed by atoms with Gasteiger partial charge in [0.05, 0.1) is 0 Å². The van der Waals surface area contributed by atoms with Crippen LogP contribution < -0.4 is 4.74 Å². The zero-order valence-corrected chi connectivity index (χ0v) is 24.8. The minimum Gasteiger partial charge on any atom is -0.489 e. The number of alkyl halides is 6. The van der Waals surface area contributed by atoms with Gasteiger partial charge in [0.25, 0.3) is 0 Å². The van der Waals surface area contributed by atoms with Crippen molar-refractivity contribution in [1.29, 1.82) is 0 Å². The molecule has 0 amide bonds. The summed E-state index contributed by atoms with van der Waals surface area (Å²) < 4.78 is 102. The van der Waals surface area contributed by atoms with Crippen LogP contribution in [-0.2, 0) is 24.4 Å². The van der Waals surface area contributed by atoms with Gasteiger partial charge >= 0.3 is 23.9 Å². The van der Waals surface area contributed by atoms with E-state index in [2.05, 4.69) is 15.4 Å². The molecule has 0 radical (unpaired) electrons. The van der Waals surface area contributed by atoms with E-state index in [-0.39, 0.29) is 24.2 Å². The molecular formula is C32H36F6O5. The van der Waals surface area contributed by atoms with Crippen LogP contribution in [0.3, 0.4) is 0 Å². The second-order valence-corrected chi connectivity index (χ2v) is 10.6. The first-order chi connectivity index (χ1) is 20.1. The van der Waals surface area contributed by atoms with E-state index in [0.29, 0.717) is 30.6 Å². The number of methoxy groups -OCH3 is 1. The lowest BCUT2D eigenvalue weighted by Crippen LogP contribution is -2.58. The zero-order chi connectivity index (χ0) is 32.1. The van der Waals surface area contributed by atoms with Gasteiger partial charge in [-0.15, -0.1) is 0 Å². The lowest BCUT2D eigenvalue weighted by atomic mass is 9.70. The third-order valence-corrected chi connectivity index (χ3v) is 7.91. The minimum atomic E-state index is -5.86. The Morgan fingerprint density at radius 1 is 0.930 bits per heavy atom. The van der Waals surface area contributed by atoms with E-state index in [1.54, 1.807) is 19.1 Å². The van der Waals surface area contributed by atoms with Gasteiger partial charge in [0, 0.05) is 24.5 Å². The number of halogens is 6. The maximum Gasteiger partial charge on any atom is 0.438 e. The Morgan fingerprint density at radius 2 is 1.53 bits per heavy atom. The summed E-state index contributed by atoms with van der Waals surface area (Å²) in [5.74, 6) is 3.83. The number of aryl methyl sites for hydroxylation is 2. The predicted octanol–water partition coefficient (Wildman–Crippen LogP) is 7.72. The Balaban J connectivity index is 1.94. The second kappa shape index (κ2) is 13.6. The van der Waals surface area contributed by atoms with Crippen molar-refractivity contribution in [1.82, 2.24) is 0 Å². The molecule has 236 valence electrons. The van der Waals surface area contributed by atoms with Gasteiger partial charge in [-0.2, -0.15) is 26.3 Å². The van der Waals surface area contributed by atoms with Crippen LogP contribution in [0.25, 0.3) is 0 Å². The summed E-state index contributed by atoms with van der Waals surface area (Å²) in [6.45, 7) is 6.52. The second-order valence-electron chi connectivity index (χ2n) is 10.6. The molecule has 1 saturated heterocycles. The normalized spacial score (nSPS) is 16.3. The first kappa shape index (κ1) is 34.3. The molecule has 0 saturated carbocycles. The fourth-order valence-electron chi connectivity index (χ4n) is 5.33. The number of esters is 1. The fourth-order valence-corrected chi connectivity index (χ4v) is 5.33. The number of hydrogen-bond donors (Lipinski definition) is 0. The summed E-state index contributed by atoms with van der Waals surface area (Å²) >= 11 is 0. The van der Waals surface area contributed by atoms with Crippen LogP contribution in [-0.4, -0.2) is 50.5 Å². The molecule has 0 N–H and O–H groups in total. The highest BCUT2D eigenvalue weighted by molar-refractivity contribution is 5.70. The molecule has 1 aliphatic rings. The molecule has 5 nitrogen and oxygen atoms in total. The Bertz CT molecular complexity index is 1320. The van der Waals surface area contributed by atoms with Crippen LogP contribution in [0, 0.1) is 25.7 Å². The third kappa shape index (κ3) is 7.29. The summed E-state index contributed by atoms with van der Waals surface area (Å²) in [4.78, 5) is 11.6. The van der Waals surface area contributed by atoms with E-state index in [4.69, 9.17) is 9.47 Å². The quantitative estimate of drug-likeness (QED) is 0.119. The Labute approximate surface area is 247 Å². The maximum atomic E-state index is 13.7. The van der Waals surface area contributed by atoms with Crippen molar-refractivity contribution in [2.75, 3.05) is 20.5 Å². The van der Waals surface area contributed by atoms with Crippen molar-refractivity contribution >= 4 is 5.97 Å². The van der Waals surface area contributed by atoms with Crippen LogP contribution in [0.4, 0.5) is 26.3 Å². The number of carbonyl (C=O) groups is 1. The summed E-state index contributed by atoms with van der Waals surface area (Å²) in [6, 6.07) is 10.7. The smallest absolute Gasteiger partial charge is 0.438 e. The SMILES string of the molecule is CCC(CC)(c1ccc(C#CC(OCOC)(C(F)(F)F)C(F)(F)F)c(C)c1)c1ccc(OC[C@@H]2CCCC(=O)O2)c(C)c1. The van der Waals surface area contributed by atoms with Gasteiger partial charge in [-0.05, 0) is 79.8 Å². The van der Waals surface area contributed by atoms with E-state index in [1.807, 2.05) is 39.0 Å². The first-order valence-corrected chi connectivity index (χ1v) is 14.0. The molecular weight excluding hydrogens is 578 g/mol. The van der Waals surface area contributed by atoms with Gasteiger partial charge in [0.2, 0.25) is 0 Å². The Morgan fingerprint density at radius 3 is 2.05 bits per heavy atom. The van der Waals surface area contributed by atoms with Crippen molar-refractivity contribution in [3.8, 4) is 17.6 Å². The van der Waals surface area contributed by atoms with Crippen LogP contribution in [0.1, 0.15) is 73.8 Å². The third-order valence-electron chi connectivity index (χ3n) is 7.91. The predicted molar refractivity (Wildman–Crippen MR) is 148 cm³/mol.